The molecule has 0 saturated carbocycles. The number of carbonyl (C=O) groups excluding carboxylic acids is 1. The van der Waals surface area contributed by atoms with Crippen molar-refractivity contribution in [2.45, 2.75) is 44.8 Å². The highest BCUT2D eigenvalue weighted by atomic mass is 16.5. The fourth-order valence-electron chi connectivity index (χ4n) is 3.36. The maximum atomic E-state index is 12.9. The number of hydrogen-bond donors (Lipinski definition) is 1. The van der Waals surface area contributed by atoms with Gasteiger partial charge in [-0.1, -0.05) is 38.1 Å². The Morgan fingerprint density at radius 2 is 2.00 bits per heavy atom. The van der Waals surface area contributed by atoms with Crippen LogP contribution in [0.3, 0.4) is 0 Å². The van der Waals surface area contributed by atoms with Gasteiger partial charge in [-0.05, 0) is 36.9 Å². The molecule has 0 spiro atoms. The van der Waals surface area contributed by atoms with Crippen LogP contribution < -0.4 is 0 Å². The van der Waals surface area contributed by atoms with Crippen molar-refractivity contribution < 1.29 is 14.6 Å². The summed E-state index contributed by atoms with van der Waals surface area (Å²) in [5.41, 5.74) is 1.11. The zero-order chi connectivity index (χ0) is 18.4. The third-order valence-corrected chi connectivity index (χ3v) is 4.93. The first-order valence-electron chi connectivity index (χ1n) is 9.14. The van der Waals surface area contributed by atoms with Gasteiger partial charge in [-0.2, -0.15) is 0 Å². The van der Waals surface area contributed by atoms with Crippen molar-refractivity contribution in [3.63, 3.8) is 0 Å². The van der Waals surface area contributed by atoms with Gasteiger partial charge in [0.05, 0.1) is 6.61 Å². The third-order valence-electron chi connectivity index (χ3n) is 4.93. The second kappa shape index (κ2) is 8.79. The van der Waals surface area contributed by atoms with E-state index >= 15 is 0 Å². The molecule has 0 aliphatic carbocycles. The molecule has 1 aliphatic rings. The number of aliphatic hydroxyl groups is 1. The maximum absolute atomic E-state index is 12.9. The molecule has 1 amide bonds. The van der Waals surface area contributed by atoms with Crippen LogP contribution in [-0.4, -0.2) is 66.8 Å². The summed E-state index contributed by atoms with van der Waals surface area (Å²) in [7, 11) is 3.56. The average molecular weight is 348 g/mol. The quantitative estimate of drug-likeness (QED) is 0.783. The first-order valence-corrected chi connectivity index (χ1v) is 9.14. The number of nitrogens with zero attached hydrogens (tertiary/aromatic N) is 2. The largest absolute Gasteiger partial charge is 0.383 e. The van der Waals surface area contributed by atoms with Crippen molar-refractivity contribution in [3.05, 3.63) is 35.4 Å². The van der Waals surface area contributed by atoms with Gasteiger partial charge in [0.2, 0.25) is 0 Å². The van der Waals surface area contributed by atoms with E-state index in [-0.39, 0.29) is 5.91 Å². The van der Waals surface area contributed by atoms with Crippen molar-refractivity contribution in [3.8, 4) is 0 Å². The van der Waals surface area contributed by atoms with Crippen LogP contribution in [0.4, 0.5) is 0 Å². The molecule has 1 N–H and O–H groups in total. The van der Waals surface area contributed by atoms with E-state index in [9.17, 15) is 9.90 Å². The lowest BCUT2D eigenvalue weighted by Crippen LogP contribution is -2.58. The number of benzene rings is 1. The Morgan fingerprint density at radius 3 is 2.60 bits per heavy atom. The zero-order valence-corrected chi connectivity index (χ0v) is 16.0. The molecule has 1 saturated heterocycles. The number of likely N-dealkylation sites (tertiary alicyclic amines) is 1. The van der Waals surface area contributed by atoms with Crippen LogP contribution in [0.1, 0.15) is 43.7 Å². The minimum atomic E-state index is -1.29. The number of carbonyl (C=O) groups is 1. The number of likely N-dealkylation sites (N-methyl/N-ethyl adjacent to an activating group) is 1. The highest BCUT2D eigenvalue weighted by Gasteiger charge is 2.42. The first-order chi connectivity index (χ1) is 11.9. The number of ether oxygens (including phenoxy) is 1. The molecule has 1 atom stereocenters. The Morgan fingerprint density at radius 1 is 1.32 bits per heavy atom. The fraction of sp³-hybridized carbons (Fsp3) is 0.650. The van der Waals surface area contributed by atoms with Crippen LogP contribution in [0.5, 0.6) is 0 Å². The molecule has 1 aromatic carbocycles. The van der Waals surface area contributed by atoms with Crippen LogP contribution in [0, 0.1) is 0 Å². The molecular formula is C20H32N2O3. The Bertz CT molecular complexity index is 559. The molecule has 5 nitrogen and oxygen atoms in total. The summed E-state index contributed by atoms with van der Waals surface area (Å²) in [6.07, 6.45) is 1.34. The van der Waals surface area contributed by atoms with Crippen LogP contribution >= 0.6 is 0 Å². The molecule has 140 valence electrons. The number of amides is 1. The zero-order valence-electron chi connectivity index (χ0n) is 16.0. The van der Waals surface area contributed by atoms with E-state index in [1.54, 1.807) is 12.0 Å². The van der Waals surface area contributed by atoms with Gasteiger partial charge < -0.3 is 19.6 Å². The molecule has 2 rings (SSSR count). The molecule has 1 aromatic rings. The first kappa shape index (κ1) is 19.9. The van der Waals surface area contributed by atoms with E-state index < -0.39 is 5.60 Å². The normalized spacial score (nSPS) is 21.4. The minimum Gasteiger partial charge on any atom is -0.383 e. The maximum Gasteiger partial charge on any atom is 0.256 e. The summed E-state index contributed by atoms with van der Waals surface area (Å²) in [5, 5.41) is 10.9. The molecule has 0 radical (unpaired) electrons. The molecule has 0 bridgehead atoms. The summed E-state index contributed by atoms with van der Waals surface area (Å²) in [5.74, 6) is 0.342. The molecular weight excluding hydrogens is 316 g/mol. The summed E-state index contributed by atoms with van der Waals surface area (Å²) in [4.78, 5) is 16.6. The number of rotatable bonds is 8. The molecule has 1 fully saturated rings. The lowest BCUT2D eigenvalue weighted by Gasteiger charge is -2.40. The summed E-state index contributed by atoms with van der Waals surface area (Å²) >= 11 is 0. The third kappa shape index (κ3) is 5.27. The van der Waals surface area contributed by atoms with Gasteiger partial charge in [0.15, 0.2) is 5.60 Å². The van der Waals surface area contributed by atoms with Crippen molar-refractivity contribution in [2.24, 2.45) is 0 Å². The van der Waals surface area contributed by atoms with Gasteiger partial charge in [-0.3, -0.25) is 4.79 Å². The highest BCUT2D eigenvalue weighted by Crippen LogP contribution is 2.25. The Hall–Kier alpha value is -1.43. The van der Waals surface area contributed by atoms with Crippen LogP contribution in [0.2, 0.25) is 0 Å². The van der Waals surface area contributed by atoms with Crippen molar-refractivity contribution in [2.75, 3.05) is 40.4 Å². The Balaban J connectivity index is 2.00. The van der Waals surface area contributed by atoms with E-state index in [2.05, 4.69) is 38.1 Å². The molecule has 25 heavy (non-hydrogen) atoms. The number of hydrogen-bond acceptors (Lipinski definition) is 4. The van der Waals surface area contributed by atoms with E-state index in [1.807, 2.05) is 11.9 Å². The van der Waals surface area contributed by atoms with Gasteiger partial charge in [0.25, 0.3) is 5.91 Å². The van der Waals surface area contributed by atoms with Gasteiger partial charge in [-0.25, -0.2) is 0 Å². The van der Waals surface area contributed by atoms with Gasteiger partial charge in [0, 0.05) is 33.3 Å². The monoisotopic (exact) mass is 348 g/mol. The van der Waals surface area contributed by atoms with Crippen molar-refractivity contribution in [1.29, 1.82) is 0 Å². The van der Waals surface area contributed by atoms with Crippen LogP contribution in [0.15, 0.2) is 24.3 Å². The second-order valence-corrected chi connectivity index (χ2v) is 7.49. The minimum absolute atomic E-state index is 0.157. The van der Waals surface area contributed by atoms with Gasteiger partial charge >= 0.3 is 0 Å². The van der Waals surface area contributed by atoms with Gasteiger partial charge in [-0.15, -0.1) is 0 Å². The standard InChI is InChI=1S/C20H32N2O3/c1-16(2)18-8-6-17(7-9-18)14-22-11-5-10-20(24,19(22)23)15-21(3)12-13-25-4/h6-9,16,24H,5,10-15H2,1-4H3. The highest BCUT2D eigenvalue weighted by molar-refractivity contribution is 5.86. The van der Waals surface area contributed by atoms with Crippen LogP contribution in [-0.2, 0) is 16.1 Å². The molecule has 1 unspecified atom stereocenters. The van der Waals surface area contributed by atoms with Crippen molar-refractivity contribution in [1.82, 2.24) is 9.80 Å². The molecule has 1 heterocycles. The predicted molar refractivity (Wildman–Crippen MR) is 99.5 cm³/mol. The number of methoxy groups -OCH3 is 1. The summed E-state index contributed by atoms with van der Waals surface area (Å²) in [6, 6.07) is 8.42. The topological polar surface area (TPSA) is 53.0 Å². The number of piperidine rings is 1. The Kier molecular flexibility index (Phi) is 6.99. The SMILES string of the molecule is COCCN(C)CC1(O)CCCN(Cc2ccc(C(C)C)cc2)C1=O. The molecule has 5 heteroatoms. The van der Waals surface area contributed by atoms with E-state index in [4.69, 9.17) is 4.74 Å². The molecule has 0 aromatic heterocycles. The molecule has 1 aliphatic heterocycles. The lowest BCUT2D eigenvalue weighted by atomic mass is 9.90. The van der Waals surface area contributed by atoms with Crippen molar-refractivity contribution >= 4 is 5.91 Å². The lowest BCUT2D eigenvalue weighted by molar-refractivity contribution is -0.160. The Labute approximate surface area is 151 Å². The summed E-state index contributed by atoms with van der Waals surface area (Å²) < 4.78 is 5.07. The van der Waals surface area contributed by atoms with E-state index in [1.165, 1.54) is 5.56 Å². The average Bonchev–Trinajstić information content (AvgIpc) is 2.58. The van der Waals surface area contributed by atoms with Crippen LogP contribution in [0.25, 0.3) is 0 Å². The predicted octanol–water partition coefficient (Wildman–Crippen LogP) is 2.24. The smallest absolute Gasteiger partial charge is 0.256 e. The summed E-state index contributed by atoms with van der Waals surface area (Å²) in [6.45, 7) is 7.23. The van der Waals surface area contributed by atoms with E-state index in [0.29, 0.717) is 45.1 Å². The second-order valence-electron chi connectivity index (χ2n) is 7.49. The fourth-order valence-corrected chi connectivity index (χ4v) is 3.36. The van der Waals surface area contributed by atoms with E-state index in [0.717, 1.165) is 12.0 Å². The van der Waals surface area contributed by atoms with Gasteiger partial charge in [0.1, 0.15) is 0 Å².